The number of benzene rings is 1. The van der Waals surface area contributed by atoms with Crippen molar-refractivity contribution in [2.75, 3.05) is 17.7 Å². The first-order chi connectivity index (χ1) is 10.0. The monoisotopic (exact) mass is 326 g/mol. The van der Waals surface area contributed by atoms with Crippen molar-refractivity contribution in [1.82, 2.24) is 4.98 Å². The third-order valence-electron chi connectivity index (χ3n) is 2.84. The fraction of sp³-hybridized carbons (Fsp3) is 0.154. The smallest absolute Gasteiger partial charge is 0.310 e. The molecule has 6 nitrogen and oxygen atoms in total. The summed E-state index contributed by atoms with van der Waals surface area (Å²) in [6.07, 6.45) is 1.20. The Morgan fingerprint density at radius 3 is 2.81 bits per heavy atom. The molecule has 21 heavy (non-hydrogen) atoms. The van der Waals surface area contributed by atoms with Crippen LogP contribution in [-0.4, -0.2) is 17.0 Å². The van der Waals surface area contributed by atoms with Gasteiger partial charge in [0.2, 0.25) is 0 Å². The number of pyridine rings is 1. The van der Waals surface area contributed by atoms with E-state index in [1.54, 1.807) is 31.3 Å². The van der Waals surface area contributed by atoms with Crippen molar-refractivity contribution in [3.05, 3.63) is 56.2 Å². The predicted octanol–water partition coefficient (Wildman–Crippen LogP) is 3.95. The van der Waals surface area contributed by atoms with Gasteiger partial charge in [0.1, 0.15) is 17.7 Å². The molecule has 0 radical (unpaired) electrons. The Bertz CT molecular complexity index is 679. The largest absolute Gasteiger partial charge is 0.375 e. The summed E-state index contributed by atoms with van der Waals surface area (Å²) < 4.78 is 0. The van der Waals surface area contributed by atoms with Crippen LogP contribution in [0.25, 0.3) is 0 Å². The van der Waals surface area contributed by atoms with Gasteiger partial charge in [0, 0.05) is 19.7 Å². The van der Waals surface area contributed by atoms with Gasteiger partial charge in [0.25, 0.3) is 0 Å². The lowest BCUT2D eigenvalue weighted by molar-refractivity contribution is -0.384. The van der Waals surface area contributed by atoms with Crippen LogP contribution in [0.4, 0.5) is 17.2 Å². The molecule has 0 unspecified atom stereocenters. The van der Waals surface area contributed by atoms with Crippen LogP contribution < -0.4 is 10.6 Å². The van der Waals surface area contributed by atoms with Crippen LogP contribution in [0.3, 0.4) is 0 Å². The number of aromatic nitrogens is 1. The van der Waals surface area contributed by atoms with Crippen molar-refractivity contribution in [3.8, 4) is 0 Å². The lowest BCUT2D eigenvalue weighted by atomic mass is 10.2. The third kappa shape index (κ3) is 3.53. The van der Waals surface area contributed by atoms with Crippen molar-refractivity contribution in [2.45, 2.75) is 6.54 Å². The number of hydrogen-bond donors (Lipinski definition) is 2. The van der Waals surface area contributed by atoms with Gasteiger partial charge in [0.05, 0.1) is 15.0 Å². The third-order valence-corrected chi connectivity index (χ3v) is 3.69. The molecular formula is C13H12Cl2N4O2. The fourth-order valence-electron chi connectivity index (χ4n) is 1.75. The molecule has 1 aromatic carbocycles. The van der Waals surface area contributed by atoms with Gasteiger partial charge in [0.15, 0.2) is 0 Å². The highest BCUT2D eigenvalue weighted by Gasteiger charge is 2.15. The molecule has 2 rings (SSSR count). The molecule has 2 N–H and O–H groups in total. The summed E-state index contributed by atoms with van der Waals surface area (Å²) in [6, 6.07) is 6.82. The van der Waals surface area contributed by atoms with Gasteiger partial charge in [-0.15, -0.1) is 0 Å². The van der Waals surface area contributed by atoms with E-state index in [2.05, 4.69) is 15.6 Å². The SMILES string of the molecule is CNc1cc(NCc2cccc(Cl)c2Cl)c([N+](=O)[O-])cn1. The van der Waals surface area contributed by atoms with Crippen molar-refractivity contribution in [1.29, 1.82) is 0 Å². The second-order valence-electron chi connectivity index (χ2n) is 4.16. The maximum absolute atomic E-state index is 11.0. The van der Waals surface area contributed by atoms with Gasteiger partial charge >= 0.3 is 5.69 Å². The molecule has 8 heteroatoms. The summed E-state index contributed by atoms with van der Waals surface area (Å²) in [5.74, 6) is 0.528. The molecule has 2 aromatic rings. The lowest BCUT2D eigenvalue weighted by Gasteiger charge is -2.10. The quantitative estimate of drug-likeness (QED) is 0.642. The predicted molar refractivity (Wildman–Crippen MR) is 84.2 cm³/mol. The Balaban J connectivity index is 2.26. The van der Waals surface area contributed by atoms with Gasteiger partial charge in [-0.05, 0) is 11.6 Å². The second-order valence-corrected chi connectivity index (χ2v) is 4.95. The van der Waals surface area contributed by atoms with E-state index in [9.17, 15) is 10.1 Å². The molecule has 0 atom stereocenters. The zero-order chi connectivity index (χ0) is 15.4. The Morgan fingerprint density at radius 2 is 2.14 bits per heavy atom. The van der Waals surface area contributed by atoms with Crippen LogP contribution in [0.5, 0.6) is 0 Å². The van der Waals surface area contributed by atoms with E-state index < -0.39 is 4.92 Å². The highest BCUT2D eigenvalue weighted by atomic mass is 35.5. The summed E-state index contributed by atoms with van der Waals surface area (Å²) >= 11 is 12.0. The maximum Gasteiger partial charge on any atom is 0.310 e. The number of nitro groups is 1. The van der Waals surface area contributed by atoms with Gasteiger partial charge in [-0.1, -0.05) is 35.3 Å². The number of halogens is 2. The number of nitrogens with one attached hydrogen (secondary N) is 2. The van der Waals surface area contributed by atoms with E-state index in [-0.39, 0.29) is 5.69 Å². The van der Waals surface area contributed by atoms with Crippen LogP contribution in [-0.2, 0) is 6.54 Å². The molecule has 0 saturated carbocycles. The summed E-state index contributed by atoms with van der Waals surface area (Å²) in [4.78, 5) is 14.4. The normalized spacial score (nSPS) is 10.2. The van der Waals surface area contributed by atoms with Crippen LogP contribution in [0, 0.1) is 10.1 Å². The molecule has 0 saturated heterocycles. The molecule has 0 amide bonds. The van der Waals surface area contributed by atoms with E-state index in [4.69, 9.17) is 23.2 Å². The molecular weight excluding hydrogens is 315 g/mol. The summed E-state index contributed by atoms with van der Waals surface area (Å²) in [5, 5.41) is 17.7. The molecule has 1 heterocycles. The maximum atomic E-state index is 11.0. The van der Waals surface area contributed by atoms with Gasteiger partial charge in [-0.2, -0.15) is 0 Å². The molecule has 110 valence electrons. The molecule has 0 bridgehead atoms. The first-order valence-electron chi connectivity index (χ1n) is 6.02. The van der Waals surface area contributed by atoms with Crippen molar-refractivity contribution < 1.29 is 4.92 Å². The lowest BCUT2D eigenvalue weighted by Crippen LogP contribution is -2.05. The average Bonchev–Trinajstić information content (AvgIpc) is 2.48. The molecule has 1 aromatic heterocycles. The summed E-state index contributed by atoms with van der Waals surface area (Å²) in [5.41, 5.74) is 1.00. The molecule has 0 fully saturated rings. The van der Waals surface area contributed by atoms with Crippen LogP contribution in [0.15, 0.2) is 30.5 Å². The Kier molecular flexibility index (Phi) is 4.82. The zero-order valence-electron chi connectivity index (χ0n) is 11.1. The number of hydrogen-bond acceptors (Lipinski definition) is 5. The van der Waals surface area contributed by atoms with E-state index in [0.29, 0.717) is 28.1 Å². The Labute approximate surface area is 131 Å². The minimum Gasteiger partial charge on any atom is -0.375 e. The number of anilines is 2. The first kappa shape index (κ1) is 15.3. The first-order valence-corrected chi connectivity index (χ1v) is 6.77. The Hall–Kier alpha value is -2.05. The van der Waals surface area contributed by atoms with Gasteiger partial charge in [-0.3, -0.25) is 10.1 Å². The minimum atomic E-state index is -0.492. The van der Waals surface area contributed by atoms with Gasteiger partial charge in [-0.25, -0.2) is 4.98 Å². The van der Waals surface area contributed by atoms with E-state index in [1.807, 2.05) is 0 Å². The van der Waals surface area contributed by atoms with Crippen molar-refractivity contribution in [2.24, 2.45) is 0 Å². The topological polar surface area (TPSA) is 80.1 Å². The standard InChI is InChI=1S/C13H12Cl2N4O2/c1-16-12-5-10(11(7-18-12)19(20)21)17-6-8-3-2-4-9(14)13(8)15/h2-5,7H,6H2,1H3,(H2,16,17,18). The van der Waals surface area contributed by atoms with Crippen molar-refractivity contribution >= 4 is 40.4 Å². The molecule has 0 aliphatic heterocycles. The molecule has 0 spiro atoms. The van der Waals surface area contributed by atoms with Crippen LogP contribution >= 0.6 is 23.2 Å². The van der Waals surface area contributed by atoms with E-state index >= 15 is 0 Å². The van der Waals surface area contributed by atoms with Crippen LogP contribution in [0.2, 0.25) is 10.0 Å². The highest BCUT2D eigenvalue weighted by molar-refractivity contribution is 6.42. The number of rotatable bonds is 5. The number of nitrogens with zero attached hydrogens (tertiary/aromatic N) is 2. The second kappa shape index (κ2) is 6.60. The summed E-state index contributed by atoms with van der Waals surface area (Å²) in [6.45, 7) is 0.313. The van der Waals surface area contributed by atoms with Gasteiger partial charge < -0.3 is 10.6 Å². The highest BCUT2D eigenvalue weighted by Crippen LogP contribution is 2.29. The van der Waals surface area contributed by atoms with Crippen molar-refractivity contribution in [3.63, 3.8) is 0 Å². The van der Waals surface area contributed by atoms with E-state index in [0.717, 1.165) is 5.56 Å². The van der Waals surface area contributed by atoms with E-state index in [1.165, 1.54) is 6.20 Å². The minimum absolute atomic E-state index is 0.104. The van der Waals surface area contributed by atoms with Crippen LogP contribution in [0.1, 0.15) is 5.56 Å². The fourth-order valence-corrected chi connectivity index (χ4v) is 2.13. The Morgan fingerprint density at radius 1 is 1.38 bits per heavy atom. The summed E-state index contributed by atoms with van der Waals surface area (Å²) in [7, 11) is 1.69. The molecule has 0 aliphatic carbocycles. The molecule has 0 aliphatic rings. The zero-order valence-corrected chi connectivity index (χ0v) is 12.6. The average molecular weight is 327 g/mol.